The van der Waals surface area contributed by atoms with Gasteiger partial charge in [-0.15, -0.1) is 0 Å². The first-order valence-electron chi connectivity index (χ1n) is 12.5. The van der Waals surface area contributed by atoms with Crippen molar-refractivity contribution in [2.24, 2.45) is 0 Å². The Morgan fingerprint density at radius 3 is 1.25 bits per heavy atom. The lowest BCUT2D eigenvalue weighted by Crippen LogP contribution is -2.28. The summed E-state index contributed by atoms with van der Waals surface area (Å²) in [6.45, 7) is 7.97. The lowest BCUT2D eigenvalue weighted by Gasteiger charge is -2.12. The van der Waals surface area contributed by atoms with E-state index in [0.29, 0.717) is 0 Å². The molecule has 0 aromatic carbocycles. The maximum absolute atomic E-state index is 9.95. The van der Waals surface area contributed by atoms with Crippen LogP contribution in [0.3, 0.4) is 0 Å². The fourth-order valence-electron chi connectivity index (χ4n) is 3.56. The van der Waals surface area contributed by atoms with Gasteiger partial charge in [-0.3, -0.25) is 0 Å². The molecule has 0 aromatic heterocycles. The van der Waals surface area contributed by atoms with E-state index in [9.17, 15) is 10.2 Å². The Morgan fingerprint density at radius 2 is 0.857 bits per heavy atom. The Hall–Kier alpha value is -0.160. The quantitative estimate of drug-likeness (QED) is 0.179. The molecule has 0 heterocycles. The monoisotopic (exact) mass is 400 g/mol. The van der Waals surface area contributed by atoms with Crippen molar-refractivity contribution in [3.8, 4) is 0 Å². The van der Waals surface area contributed by atoms with Crippen molar-refractivity contribution in [2.75, 3.05) is 26.2 Å². The molecule has 0 rings (SSSR count). The summed E-state index contributed by atoms with van der Waals surface area (Å²) in [6.07, 6.45) is 19.0. The highest BCUT2D eigenvalue weighted by molar-refractivity contribution is 4.62. The van der Waals surface area contributed by atoms with Gasteiger partial charge in [0.15, 0.2) is 0 Å². The number of unbranched alkanes of at least 4 members (excludes halogenated alkanes) is 11. The van der Waals surface area contributed by atoms with Crippen molar-refractivity contribution in [1.82, 2.24) is 10.6 Å². The van der Waals surface area contributed by atoms with Crippen LogP contribution in [0.25, 0.3) is 0 Å². The fraction of sp³-hybridized carbons (Fsp3) is 1.00. The Bertz CT molecular complexity index is 262. The van der Waals surface area contributed by atoms with Gasteiger partial charge >= 0.3 is 0 Å². The number of hydrogen-bond acceptors (Lipinski definition) is 4. The average molecular weight is 401 g/mol. The molecular weight excluding hydrogens is 348 g/mol. The molecule has 170 valence electrons. The van der Waals surface area contributed by atoms with E-state index in [1.54, 1.807) is 0 Å². The van der Waals surface area contributed by atoms with Crippen molar-refractivity contribution in [3.05, 3.63) is 0 Å². The predicted octanol–water partition coefficient (Wildman–Crippen LogP) is 5.17. The normalized spacial score (nSPS) is 13.7. The summed E-state index contributed by atoms with van der Waals surface area (Å²) in [6, 6.07) is 0. The van der Waals surface area contributed by atoms with E-state index in [2.05, 4.69) is 24.5 Å². The number of aliphatic hydroxyl groups is 2. The third kappa shape index (κ3) is 22.1. The minimum atomic E-state index is -0.177. The smallest absolute Gasteiger partial charge is 0.0664 e. The highest BCUT2D eigenvalue weighted by atomic mass is 16.3. The predicted molar refractivity (Wildman–Crippen MR) is 123 cm³/mol. The molecule has 0 radical (unpaired) electrons. The van der Waals surface area contributed by atoms with Gasteiger partial charge in [-0.2, -0.15) is 0 Å². The largest absolute Gasteiger partial charge is 0.392 e. The summed E-state index contributed by atoms with van der Waals surface area (Å²) in [4.78, 5) is 0. The summed E-state index contributed by atoms with van der Waals surface area (Å²) in [5.41, 5.74) is 0. The lowest BCUT2D eigenvalue weighted by atomic mass is 10.1. The summed E-state index contributed by atoms with van der Waals surface area (Å²) in [5.74, 6) is 0. The standard InChI is InChI=1S/C24H52N2O2/c1-3-5-7-9-13-17-23(27)21-25-19-15-11-12-16-20-26-22-24(28)18-14-10-8-6-4-2/h23-28H,3-22H2,1-2H3. The summed E-state index contributed by atoms with van der Waals surface area (Å²) < 4.78 is 0. The van der Waals surface area contributed by atoms with Crippen molar-refractivity contribution in [1.29, 1.82) is 0 Å². The molecule has 4 nitrogen and oxygen atoms in total. The van der Waals surface area contributed by atoms with Crippen molar-refractivity contribution in [3.63, 3.8) is 0 Å². The van der Waals surface area contributed by atoms with Gasteiger partial charge in [0, 0.05) is 13.1 Å². The molecule has 0 fully saturated rings. The van der Waals surface area contributed by atoms with Crippen LogP contribution in [0, 0.1) is 0 Å². The van der Waals surface area contributed by atoms with Crippen molar-refractivity contribution >= 4 is 0 Å². The molecule has 0 aliphatic carbocycles. The van der Waals surface area contributed by atoms with Crippen LogP contribution >= 0.6 is 0 Å². The van der Waals surface area contributed by atoms with Crippen LogP contribution in [-0.2, 0) is 0 Å². The van der Waals surface area contributed by atoms with E-state index in [-0.39, 0.29) is 12.2 Å². The van der Waals surface area contributed by atoms with Crippen LogP contribution in [0.4, 0.5) is 0 Å². The average Bonchev–Trinajstić information content (AvgIpc) is 2.69. The van der Waals surface area contributed by atoms with Crippen LogP contribution in [0.2, 0.25) is 0 Å². The molecule has 0 aliphatic rings. The zero-order valence-electron chi connectivity index (χ0n) is 19.2. The SMILES string of the molecule is CCCCCCCC(O)CNCCCCCCNCC(O)CCCCCCC. The molecular formula is C24H52N2O2. The first-order valence-corrected chi connectivity index (χ1v) is 12.5. The van der Waals surface area contributed by atoms with Gasteiger partial charge < -0.3 is 20.8 Å². The molecule has 28 heavy (non-hydrogen) atoms. The summed E-state index contributed by atoms with van der Waals surface area (Å²) >= 11 is 0. The molecule has 0 bridgehead atoms. The number of nitrogens with one attached hydrogen (secondary N) is 2. The second kappa shape index (κ2) is 23.1. The molecule has 2 unspecified atom stereocenters. The molecule has 0 saturated carbocycles. The van der Waals surface area contributed by atoms with Crippen molar-refractivity contribution in [2.45, 2.75) is 129 Å². The van der Waals surface area contributed by atoms with Crippen molar-refractivity contribution < 1.29 is 10.2 Å². The topological polar surface area (TPSA) is 64.5 Å². The van der Waals surface area contributed by atoms with Gasteiger partial charge in [-0.25, -0.2) is 0 Å². The number of aliphatic hydroxyl groups excluding tert-OH is 2. The van der Waals surface area contributed by atoms with E-state index in [1.165, 1.54) is 77.0 Å². The van der Waals surface area contributed by atoms with Gasteiger partial charge in [0.2, 0.25) is 0 Å². The summed E-state index contributed by atoms with van der Waals surface area (Å²) in [5, 5.41) is 26.7. The van der Waals surface area contributed by atoms with E-state index in [4.69, 9.17) is 0 Å². The molecule has 0 aliphatic heterocycles. The van der Waals surface area contributed by atoms with Crippen LogP contribution in [0.15, 0.2) is 0 Å². The Morgan fingerprint density at radius 1 is 0.500 bits per heavy atom. The number of hydrogen-bond donors (Lipinski definition) is 4. The van der Waals surface area contributed by atoms with Crippen LogP contribution in [0.5, 0.6) is 0 Å². The maximum Gasteiger partial charge on any atom is 0.0664 e. The zero-order valence-corrected chi connectivity index (χ0v) is 19.2. The molecule has 0 aromatic rings. The van der Waals surface area contributed by atoms with E-state index < -0.39 is 0 Å². The number of rotatable bonds is 23. The Kier molecular flexibility index (Phi) is 23.0. The molecule has 4 heteroatoms. The minimum absolute atomic E-state index is 0.177. The van der Waals surface area contributed by atoms with Gasteiger partial charge in [0.25, 0.3) is 0 Å². The molecule has 4 N–H and O–H groups in total. The fourth-order valence-corrected chi connectivity index (χ4v) is 3.56. The first kappa shape index (κ1) is 27.8. The third-order valence-corrected chi connectivity index (χ3v) is 5.50. The van der Waals surface area contributed by atoms with Crippen LogP contribution < -0.4 is 10.6 Å². The molecule has 0 spiro atoms. The van der Waals surface area contributed by atoms with Gasteiger partial charge in [0.1, 0.15) is 0 Å². The molecule has 2 atom stereocenters. The molecule has 0 saturated heterocycles. The Labute approximate surface area is 176 Å². The van der Waals surface area contributed by atoms with E-state index >= 15 is 0 Å². The van der Waals surface area contributed by atoms with Crippen LogP contribution in [-0.4, -0.2) is 48.6 Å². The molecule has 0 amide bonds. The second-order valence-corrected chi connectivity index (χ2v) is 8.54. The summed E-state index contributed by atoms with van der Waals surface area (Å²) in [7, 11) is 0. The first-order chi connectivity index (χ1) is 13.7. The highest BCUT2D eigenvalue weighted by Gasteiger charge is 2.04. The third-order valence-electron chi connectivity index (χ3n) is 5.50. The van der Waals surface area contributed by atoms with E-state index in [1.807, 2.05) is 0 Å². The van der Waals surface area contributed by atoms with Gasteiger partial charge in [-0.05, 0) is 38.8 Å². The van der Waals surface area contributed by atoms with Gasteiger partial charge in [-0.1, -0.05) is 90.9 Å². The van der Waals surface area contributed by atoms with E-state index in [0.717, 1.165) is 51.9 Å². The van der Waals surface area contributed by atoms with Crippen LogP contribution in [0.1, 0.15) is 117 Å². The van der Waals surface area contributed by atoms with Gasteiger partial charge in [0.05, 0.1) is 12.2 Å². The minimum Gasteiger partial charge on any atom is -0.392 e. The maximum atomic E-state index is 9.95. The highest BCUT2D eigenvalue weighted by Crippen LogP contribution is 2.08. The lowest BCUT2D eigenvalue weighted by molar-refractivity contribution is 0.157. The second-order valence-electron chi connectivity index (χ2n) is 8.54. The zero-order chi connectivity index (χ0) is 20.7. The Balaban J connectivity index is 3.20.